The number of urea groups is 1. The molecule has 19 heavy (non-hydrogen) atoms. The van der Waals surface area contributed by atoms with Crippen molar-refractivity contribution in [3.05, 3.63) is 28.2 Å². The molecule has 0 radical (unpaired) electrons. The Morgan fingerprint density at radius 3 is 2.53 bits per heavy atom. The van der Waals surface area contributed by atoms with Crippen LogP contribution in [0.5, 0.6) is 0 Å². The average Bonchev–Trinajstić information content (AvgIpc) is 2.30. The number of carbonyl (C=O) groups is 1. The van der Waals surface area contributed by atoms with Crippen LogP contribution in [0, 0.1) is 5.92 Å². The van der Waals surface area contributed by atoms with E-state index >= 15 is 0 Å². The van der Waals surface area contributed by atoms with Crippen molar-refractivity contribution in [1.29, 1.82) is 0 Å². The second-order valence-corrected chi connectivity index (χ2v) is 5.66. The Kier molecular flexibility index (Phi) is 5.85. The van der Waals surface area contributed by atoms with Gasteiger partial charge in [-0.15, -0.1) is 0 Å². The molecule has 7 heteroatoms. The van der Waals surface area contributed by atoms with E-state index in [9.17, 15) is 4.79 Å². The van der Waals surface area contributed by atoms with Crippen LogP contribution in [0.1, 0.15) is 13.8 Å². The minimum absolute atomic E-state index is 0.0954. The number of halogens is 2. The summed E-state index contributed by atoms with van der Waals surface area (Å²) in [6.45, 7) is 3.83. The number of benzene rings is 1. The first-order chi connectivity index (χ1) is 8.81. The molecule has 1 unspecified atom stereocenters. The van der Waals surface area contributed by atoms with E-state index in [2.05, 4.69) is 10.6 Å². The van der Waals surface area contributed by atoms with Crippen molar-refractivity contribution < 1.29 is 4.79 Å². The summed E-state index contributed by atoms with van der Waals surface area (Å²) in [5.41, 5.74) is 6.00. The molecule has 0 aromatic heterocycles. The summed E-state index contributed by atoms with van der Waals surface area (Å²) in [6.07, 6.45) is 0. The molecular formula is C12H15Cl2N3OS. The molecule has 0 fully saturated rings. The van der Waals surface area contributed by atoms with Gasteiger partial charge in [0.05, 0.1) is 21.7 Å². The van der Waals surface area contributed by atoms with Crippen LogP contribution in [0.2, 0.25) is 10.0 Å². The molecular weight excluding hydrogens is 305 g/mol. The second-order valence-electron chi connectivity index (χ2n) is 4.35. The molecule has 1 atom stereocenters. The maximum atomic E-state index is 11.9. The van der Waals surface area contributed by atoms with Crippen molar-refractivity contribution in [2.45, 2.75) is 19.9 Å². The van der Waals surface area contributed by atoms with E-state index in [1.165, 1.54) is 0 Å². The first kappa shape index (κ1) is 16.0. The SMILES string of the molecule is CC(C)C(NC(=O)Nc1cc(Cl)ccc1Cl)C(N)=S. The summed E-state index contributed by atoms with van der Waals surface area (Å²) < 4.78 is 0. The van der Waals surface area contributed by atoms with Crippen LogP contribution in [-0.2, 0) is 0 Å². The number of nitrogens with two attached hydrogens (primary N) is 1. The van der Waals surface area contributed by atoms with Gasteiger partial charge in [0.2, 0.25) is 0 Å². The molecule has 4 N–H and O–H groups in total. The van der Waals surface area contributed by atoms with Crippen LogP contribution in [-0.4, -0.2) is 17.1 Å². The lowest BCUT2D eigenvalue weighted by molar-refractivity contribution is 0.248. The van der Waals surface area contributed by atoms with Gasteiger partial charge in [0.1, 0.15) is 0 Å². The zero-order chi connectivity index (χ0) is 14.6. The maximum absolute atomic E-state index is 11.9. The molecule has 1 aromatic carbocycles. The van der Waals surface area contributed by atoms with Gasteiger partial charge >= 0.3 is 6.03 Å². The molecule has 0 aliphatic rings. The molecule has 0 bridgehead atoms. The van der Waals surface area contributed by atoms with Crippen molar-refractivity contribution in [2.75, 3.05) is 5.32 Å². The monoisotopic (exact) mass is 319 g/mol. The molecule has 1 aromatic rings. The second kappa shape index (κ2) is 6.93. The van der Waals surface area contributed by atoms with E-state index in [1.54, 1.807) is 18.2 Å². The summed E-state index contributed by atoms with van der Waals surface area (Å²) in [5.74, 6) is 0.0954. The molecule has 2 amide bonds. The Balaban J connectivity index is 2.74. The molecule has 0 saturated carbocycles. The molecule has 4 nitrogen and oxygen atoms in total. The fourth-order valence-electron chi connectivity index (χ4n) is 1.46. The van der Waals surface area contributed by atoms with Crippen LogP contribution in [0.3, 0.4) is 0 Å². The maximum Gasteiger partial charge on any atom is 0.319 e. The lowest BCUT2D eigenvalue weighted by atomic mass is 10.1. The minimum Gasteiger partial charge on any atom is -0.392 e. The molecule has 0 aliphatic carbocycles. The standard InChI is InChI=1S/C12H15Cl2N3OS/c1-6(2)10(11(15)19)17-12(18)16-9-5-7(13)3-4-8(9)14/h3-6,10H,1-2H3,(H2,15,19)(H2,16,17,18). The van der Waals surface area contributed by atoms with Crippen molar-refractivity contribution in [2.24, 2.45) is 11.7 Å². The van der Waals surface area contributed by atoms with Crippen molar-refractivity contribution >= 4 is 52.1 Å². The van der Waals surface area contributed by atoms with Crippen LogP contribution in [0.15, 0.2) is 18.2 Å². The Morgan fingerprint density at radius 1 is 1.37 bits per heavy atom. The molecule has 104 valence electrons. The van der Waals surface area contributed by atoms with Crippen molar-refractivity contribution in [1.82, 2.24) is 5.32 Å². The van der Waals surface area contributed by atoms with Crippen LogP contribution in [0.25, 0.3) is 0 Å². The summed E-state index contributed by atoms with van der Waals surface area (Å²) in [7, 11) is 0. The van der Waals surface area contributed by atoms with E-state index in [1.807, 2.05) is 13.8 Å². The fourth-order valence-corrected chi connectivity index (χ4v) is 2.13. The van der Waals surface area contributed by atoms with E-state index < -0.39 is 6.03 Å². The quantitative estimate of drug-likeness (QED) is 0.745. The molecule has 0 spiro atoms. The Bertz CT molecular complexity index is 494. The van der Waals surface area contributed by atoms with E-state index in [-0.39, 0.29) is 16.9 Å². The van der Waals surface area contributed by atoms with Crippen molar-refractivity contribution in [3.63, 3.8) is 0 Å². The number of carbonyl (C=O) groups excluding carboxylic acids is 1. The largest absolute Gasteiger partial charge is 0.392 e. The van der Waals surface area contributed by atoms with Gasteiger partial charge in [-0.05, 0) is 24.1 Å². The first-order valence-electron chi connectivity index (χ1n) is 5.63. The third-order valence-electron chi connectivity index (χ3n) is 2.44. The van der Waals surface area contributed by atoms with Gasteiger partial charge in [-0.3, -0.25) is 0 Å². The summed E-state index contributed by atoms with van der Waals surface area (Å²) >= 11 is 16.7. The fraction of sp³-hybridized carbons (Fsp3) is 0.333. The topological polar surface area (TPSA) is 67.2 Å². The third-order valence-corrected chi connectivity index (χ3v) is 3.26. The predicted molar refractivity (Wildman–Crippen MR) is 84.0 cm³/mol. The van der Waals surface area contributed by atoms with Gasteiger partial charge in [0.25, 0.3) is 0 Å². The number of nitrogens with one attached hydrogen (secondary N) is 2. The van der Waals surface area contributed by atoms with Crippen molar-refractivity contribution in [3.8, 4) is 0 Å². The van der Waals surface area contributed by atoms with Gasteiger partial charge in [-0.1, -0.05) is 49.3 Å². The first-order valence-corrected chi connectivity index (χ1v) is 6.79. The van der Waals surface area contributed by atoms with E-state index in [4.69, 9.17) is 41.2 Å². The van der Waals surface area contributed by atoms with E-state index in [0.717, 1.165) is 0 Å². The number of thiocarbonyl (C=S) groups is 1. The lowest BCUT2D eigenvalue weighted by Gasteiger charge is -2.21. The van der Waals surface area contributed by atoms with Crippen LogP contribution >= 0.6 is 35.4 Å². The number of hydrogen-bond donors (Lipinski definition) is 3. The Morgan fingerprint density at radius 2 is 2.00 bits per heavy atom. The normalized spacial score (nSPS) is 12.1. The number of hydrogen-bond acceptors (Lipinski definition) is 2. The molecule has 0 heterocycles. The van der Waals surface area contributed by atoms with E-state index in [0.29, 0.717) is 15.7 Å². The summed E-state index contributed by atoms with van der Waals surface area (Å²) in [6, 6.07) is 3.99. The van der Waals surface area contributed by atoms with Gasteiger partial charge in [-0.25, -0.2) is 4.79 Å². The summed E-state index contributed by atoms with van der Waals surface area (Å²) in [4.78, 5) is 12.1. The van der Waals surface area contributed by atoms with Gasteiger partial charge in [0.15, 0.2) is 0 Å². The number of rotatable bonds is 4. The van der Waals surface area contributed by atoms with Crippen LogP contribution in [0.4, 0.5) is 10.5 Å². The smallest absolute Gasteiger partial charge is 0.319 e. The third kappa shape index (κ3) is 4.86. The highest BCUT2D eigenvalue weighted by Crippen LogP contribution is 2.25. The van der Waals surface area contributed by atoms with Crippen LogP contribution < -0.4 is 16.4 Å². The van der Waals surface area contributed by atoms with Gasteiger partial charge < -0.3 is 16.4 Å². The molecule has 1 rings (SSSR count). The highest BCUT2D eigenvalue weighted by Gasteiger charge is 2.19. The average molecular weight is 320 g/mol. The highest BCUT2D eigenvalue weighted by atomic mass is 35.5. The lowest BCUT2D eigenvalue weighted by Crippen LogP contribution is -2.48. The Labute approximate surface area is 127 Å². The predicted octanol–water partition coefficient (Wildman–Crippen LogP) is 3.43. The van der Waals surface area contributed by atoms with Gasteiger partial charge in [-0.2, -0.15) is 0 Å². The molecule has 0 aliphatic heterocycles. The highest BCUT2D eigenvalue weighted by molar-refractivity contribution is 7.80. The zero-order valence-electron chi connectivity index (χ0n) is 10.5. The Hall–Kier alpha value is -1.04. The number of anilines is 1. The van der Waals surface area contributed by atoms with Gasteiger partial charge in [0, 0.05) is 5.02 Å². The number of amides is 2. The zero-order valence-corrected chi connectivity index (χ0v) is 12.9. The summed E-state index contributed by atoms with van der Waals surface area (Å²) in [5, 5.41) is 6.18. The minimum atomic E-state index is -0.435. The molecule has 0 saturated heterocycles.